The van der Waals surface area contributed by atoms with E-state index in [2.05, 4.69) is 15.2 Å². The van der Waals surface area contributed by atoms with Gasteiger partial charge in [-0.3, -0.25) is 9.89 Å². The second-order valence-electron chi connectivity index (χ2n) is 7.07. The normalized spacial score (nSPS) is 24.6. The first-order valence-corrected chi connectivity index (χ1v) is 9.87. The molecule has 28 heavy (non-hydrogen) atoms. The molecule has 0 bridgehead atoms. The lowest BCUT2D eigenvalue weighted by Crippen LogP contribution is -2.45. The molecule has 3 N–H and O–H groups in total. The molecule has 1 aromatic carbocycles. The lowest BCUT2D eigenvalue weighted by Gasteiger charge is -2.37. The van der Waals surface area contributed by atoms with E-state index in [4.69, 9.17) is 26.8 Å². The summed E-state index contributed by atoms with van der Waals surface area (Å²) in [6.07, 6.45) is 2.35. The molecule has 0 aliphatic carbocycles. The van der Waals surface area contributed by atoms with Crippen LogP contribution in [-0.2, 0) is 9.47 Å². The van der Waals surface area contributed by atoms with Crippen molar-refractivity contribution in [1.82, 2.24) is 10.2 Å². The van der Waals surface area contributed by atoms with Crippen LogP contribution in [0.25, 0.3) is 0 Å². The molecule has 2 saturated heterocycles. The lowest BCUT2D eigenvalue weighted by atomic mass is 10.0. The van der Waals surface area contributed by atoms with E-state index < -0.39 is 0 Å². The number of nitrogens with zero attached hydrogens (tertiary/aromatic N) is 2. The number of hydrogen-bond donors (Lipinski definition) is 2. The van der Waals surface area contributed by atoms with E-state index in [1.165, 1.54) is 6.07 Å². The molecule has 3 atom stereocenters. The molecule has 0 amide bonds. The fourth-order valence-electron chi connectivity index (χ4n) is 3.61. The number of rotatable bonds is 6. The van der Waals surface area contributed by atoms with Crippen molar-refractivity contribution in [3.63, 3.8) is 0 Å². The van der Waals surface area contributed by atoms with E-state index in [1.54, 1.807) is 12.1 Å². The van der Waals surface area contributed by atoms with Crippen LogP contribution < -0.4 is 11.1 Å². The standard InChI is InChI=1S/C19H28ClFN4O2.HI/c1-13-12-25(7-9-26-13)17(18-15(20)5-2-6-16(18)21)11-24-19(22)23-10-14-4-3-8-27-14;/h2,5-6,13-14,17H,3-4,7-12H2,1H3,(H3,22,23,24);1H. The number of morpholine rings is 1. The van der Waals surface area contributed by atoms with Crippen molar-refractivity contribution < 1.29 is 13.9 Å². The molecular weight excluding hydrogens is 498 g/mol. The smallest absolute Gasteiger partial charge is 0.188 e. The van der Waals surface area contributed by atoms with E-state index in [1.807, 2.05) is 6.92 Å². The van der Waals surface area contributed by atoms with Gasteiger partial charge in [0.2, 0.25) is 0 Å². The summed E-state index contributed by atoms with van der Waals surface area (Å²) in [5, 5.41) is 3.51. The molecule has 0 saturated carbocycles. The third-order valence-corrected chi connectivity index (χ3v) is 5.35. The van der Waals surface area contributed by atoms with E-state index in [0.29, 0.717) is 49.3 Å². The first-order chi connectivity index (χ1) is 13.0. The van der Waals surface area contributed by atoms with E-state index in [9.17, 15) is 4.39 Å². The Hall–Kier alpha value is -0.680. The highest BCUT2D eigenvalue weighted by molar-refractivity contribution is 14.0. The van der Waals surface area contributed by atoms with Crippen molar-refractivity contribution in [1.29, 1.82) is 0 Å². The average Bonchev–Trinajstić information content (AvgIpc) is 3.16. The summed E-state index contributed by atoms with van der Waals surface area (Å²) in [6.45, 7) is 5.74. The fourth-order valence-corrected chi connectivity index (χ4v) is 3.90. The van der Waals surface area contributed by atoms with Crippen LogP contribution in [0.2, 0.25) is 5.02 Å². The number of benzene rings is 1. The van der Waals surface area contributed by atoms with Gasteiger partial charge in [-0.1, -0.05) is 17.7 Å². The average molecular weight is 527 g/mol. The minimum absolute atomic E-state index is 0. The Balaban J connectivity index is 0.00000280. The molecule has 3 unspecified atom stereocenters. The van der Waals surface area contributed by atoms with Crippen LogP contribution in [0.4, 0.5) is 4.39 Å². The topological polar surface area (TPSA) is 72.1 Å². The van der Waals surface area contributed by atoms with Crippen molar-refractivity contribution in [2.45, 2.75) is 38.0 Å². The van der Waals surface area contributed by atoms with Gasteiger partial charge < -0.3 is 20.5 Å². The number of nitrogens with one attached hydrogen (secondary N) is 1. The summed E-state index contributed by atoms with van der Waals surface area (Å²) in [7, 11) is 0. The number of halogens is 3. The SMILES string of the molecule is CC1CN(C(CN=C(N)NCC2CCCO2)c2c(F)cccc2Cl)CCO1.I. The summed E-state index contributed by atoms with van der Waals surface area (Å²) >= 11 is 6.33. The number of hydrogen-bond acceptors (Lipinski definition) is 4. The van der Waals surface area contributed by atoms with E-state index in [-0.39, 0.29) is 48.0 Å². The summed E-state index contributed by atoms with van der Waals surface area (Å²) in [5.41, 5.74) is 6.49. The molecule has 9 heteroatoms. The van der Waals surface area contributed by atoms with Gasteiger partial charge in [0.15, 0.2) is 5.96 Å². The molecule has 0 radical (unpaired) electrons. The van der Waals surface area contributed by atoms with Gasteiger partial charge in [0.05, 0.1) is 31.4 Å². The summed E-state index contributed by atoms with van der Waals surface area (Å²) in [5.74, 6) is 0.0111. The minimum Gasteiger partial charge on any atom is -0.376 e. The second kappa shape index (κ2) is 11.5. The van der Waals surface area contributed by atoms with Crippen molar-refractivity contribution in [2.24, 2.45) is 10.7 Å². The predicted molar refractivity (Wildman–Crippen MR) is 120 cm³/mol. The van der Waals surface area contributed by atoms with Crippen LogP contribution in [0.3, 0.4) is 0 Å². The van der Waals surface area contributed by atoms with Crippen LogP contribution in [0, 0.1) is 5.82 Å². The van der Waals surface area contributed by atoms with Gasteiger partial charge in [0.1, 0.15) is 5.82 Å². The van der Waals surface area contributed by atoms with Gasteiger partial charge in [-0.25, -0.2) is 4.39 Å². The third kappa shape index (κ3) is 6.41. The minimum atomic E-state index is -0.326. The summed E-state index contributed by atoms with van der Waals surface area (Å²) < 4.78 is 25.8. The predicted octanol–water partition coefficient (Wildman–Crippen LogP) is 2.94. The maximum absolute atomic E-state index is 14.6. The number of aliphatic imine (C=N–C) groups is 1. The Labute approximate surface area is 188 Å². The molecule has 158 valence electrons. The molecule has 6 nitrogen and oxygen atoms in total. The number of guanidine groups is 1. The van der Waals surface area contributed by atoms with E-state index in [0.717, 1.165) is 19.4 Å². The second-order valence-corrected chi connectivity index (χ2v) is 7.48. The Morgan fingerprint density at radius 3 is 2.93 bits per heavy atom. The van der Waals surface area contributed by atoms with Crippen molar-refractivity contribution in [3.8, 4) is 0 Å². The van der Waals surface area contributed by atoms with Crippen molar-refractivity contribution >= 4 is 41.5 Å². The third-order valence-electron chi connectivity index (χ3n) is 5.02. The largest absolute Gasteiger partial charge is 0.376 e. The molecule has 2 fully saturated rings. The zero-order chi connectivity index (χ0) is 19.2. The maximum Gasteiger partial charge on any atom is 0.188 e. The number of ether oxygens (including phenoxy) is 2. The zero-order valence-corrected chi connectivity index (χ0v) is 19.2. The zero-order valence-electron chi connectivity index (χ0n) is 16.1. The molecule has 2 aliphatic heterocycles. The summed E-state index contributed by atoms with van der Waals surface area (Å²) in [6, 6.07) is 4.45. The van der Waals surface area contributed by atoms with Gasteiger partial charge in [0, 0.05) is 36.8 Å². The molecule has 0 aromatic heterocycles. The molecule has 2 heterocycles. The van der Waals surface area contributed by atoms with Crippen LogP contribution in [-0.4, -0.2) is 62.5 Å². The molecule has 2 aliphatic rings. The molecule has 0 spiro atoms. The quantitative estimate of drug-likeness (QED) is 0.339. The highest BCUT2D eigenvalue weighted by Crippen LogP contribution is 2.31. The summed E-state index contributed by atoms with van der Waals surface area (Å²) in [4.78, 5) is 6.63. The van der Waals surface area contributed by atoms with Gasteiger partial charge >= 0.3 is 0 Å². The fraction of sp³-hybridized carbons (Fsp3) is 0.632. The molecule has 3 rings (SSSR count). The highest BCUT2D eigenvalue weighted by atomic mass is 127. The van der Waals surface area contributed by atoms with Crippen molar-refractivity contribution in [3.05, 3.63) is 34.6 Å². The van der Waals surface area contributed by atoms with Gasteiger partial charge in [-0.05, 0) is 31.9 Å². The van der Waals surface area contributed by atoms with Gasteiger partial charge in [0.25, 0.3) is 0 Å². The van der Waals surface area contributed by atoms with Crippen LogP contribution in [0.1, 0.15) is 31.4 Å². The Kier molecular flexibility index (Phi) is 9.68. The monoisotopic (exact) mass is 526 g/mol. The van der Waals surface area contributed by atoms with Crippen LogP contribution in [0.15, 0.2) is 23.2 Å². The van der Waals surface area contributed by atoms with Crippen LogP contribution >= 0.6 is 35.6 Å². The highest BCUT2D eigenvalue weighted by Gasteiger charge is 2.29. The van der Waals surface area contributed by atoms with Gasteiger partial charge in [-0.2, -0.15) is 0 Å². The van der Waals surface area contributed by atoms with Crippen LogP contribution in [0.5, 0.6) is 0 Å². The first kappa shape index (κ1) is 23.6. The lowest BCUT2D eigenvalue weighted by molar-refractivity contribution is -0.0336. The molecule has 1 aromatic rings. The first-order valence-electron chi connectivity index (χ1n) is 9.49. The maximum atomic E-state index is 14.6. The van der Waals surface area contributed by atoms with Crippen molar-refractivity contribution in [2.75, 3.05) is 39.4 Å². The Morgan fingerprint density at radius 1 is 1.43 bits per heavy atom. The Bertz CT molecular complexity index is 641. The van der Waals surface area contributed by atoms with Gasteiger partial charge in [-0.15, -0.1) is 24.0 Å². The Morgan fingerprint density at radius 2 is 2.25 bits per heavy atom. The molecular formula is C19H29ClFIN4O2. The number of nitrogens with two attached hydrogens (primary N) is 1. The van der Waals surface area contributed by atoms with E-state index >= 15 is 0 Å².